The fourth-order valence-electron chi connectivity index (χ4n) is 3.67. The van der Waals surface area contributed by atoms with E-state index in [9.17, 15) is 18.0 Å². The van der Waals surface area contributed by atoms with Crippen molar-refractivity contribution >= 4 is 27.5 Å². The number of rotatable bonds is 6. The van der Waals surface area contributed by atoms with E-state index in [0.29, 0.717) is 23.4 Å². The van der Waals surface area contributed by atoms with E-state index < -0.39 is 21.7 Å². The molecule has 0 aliphatic carbocycles. The molecule has 0 saturated heterocycles. The Morgan fingerprint density at radius 1 is 1.09 bits per heavy atom. The van der Waals surface area contributed by atoms with Crippen molar-refractivity contribution in [3.8, 4) is 11.4 Å². The number of hydrogen-bond donors (Lipinski definition) is 2. The zero-order valence-electron chi connectivity index (χ0n) is 18.3. The summed E-state index contributed by atoms with van der Waals surface area (Å²) >= 11 is 0. The van der Waals surface area contributed by atoms with Gasteiger partial charge in [-0.05, 0) is 48.7 Å². The van der Waals surface area contributed by atoms with Crippen molar-refractivity contribution in [2.75, 3.05) is 19.0 Å². The van der Waals surface area contributed by atoms with Crippen LogP contribution in [0.3, 0.4) is 0 Å². The molecule has 4 rings (SSSR count). The summed E-state index contributed by atoms with van der Waals surface area (Å²) in [7, 11) is -1.75. The second-order valence-electron chi connectivity index (χ2n) is 7.87. The van der Waals surface area contributed by atoms with Gasteiger partial charge in [0.15, 0.2) is 9.84 Å². The Morgan fingerprint density at radius 2 is 1.85 bits per heavy atom. The van der Waals surface area contributed by atoms with E-state index in [-0.39, 0.29) is 23.9 Å². The number of ether oxygens (including phenoxy) is 1. The zero-order valence-corrected chi connectivity index (χ0v) is 19.1. The minimum atomic E-state index is -3.33. The molecule has 0 saturated carbocycles. The van der Waals surface area contributed by atoms with Crippen molar-refractivity contribution in [3.63, 3.8) is 0 Å². The summed E-state index contributed by atoms with van der Waals surface area (Å²) in [5.41, 5.74) is 3.42. The van der Waals surface area contributed by atoms with Crippen LogP contribution in [-0.4, -0.2) is 43.7 Å². The molecule has 2 N–H and O–H groups in total. The molecule has 172 valence electrons. The number of nitrogens with one attached hydrogen (secondary N) is 2. The molecule has 2 amide bonds. The number of aryl methyl sites for hydroxylation is 1. The van der Waals surface area contributed by atoms with Gasteiger partial charge < -0.3 is 15.4 Å². The fraction of sp³-hybridized carbons (Fsp3) is 0.261. The van der Waals surface area contributed by atoms with Gasteiger partial charge in [-0.2, -0.15) is 5.10 Å². The average Bonchev–Trinajstić information content (AvgIpc) is 3.26. The SMILES string of the molecule is COc1ccc(CCNC(=O)C(=O)Nc2c3c(nn2-c2cccc(C)c2)CS(=O)(=O)C3)cc1. The standard InChI is InChI=1S/C23H24N4O5S/c1-15-4-3-5-17(12-15)27-21(19-13-33(30,31)14-20(19)26-27)25-23(29)22(28)24-11-10-16-6-8-18(32-2)9-7-16/h3-9,12H,10-11,13-14H2,1-2H3,(H,24,28)(H,25,29). The van der Waals surface area contributed by atoms with Crippen LogP contribution in [0.4, 0.5) is 5.82 Å². The molecular weight excluding hydrogens is 444 g/mol. The van der Waals surface area contributed by atoms with Crippen molar-refractivity contribution in [1.82, 2.24) is 15.1 Å². The van der Waals surface area contributed by atoms with E-state index in [0.717, 1.165) is 16.9 Å². The minimum Gasteiger partial charge on any atom is -0.497 e. The third-order valence-corrected chi connectivity index (χ3v) is 6.77. The lowest BCUT2D eigenvalue weighted by Gasteiger charge is -2.12. The van der Waals surface area contributed by atoms with Crippen LogP contribution in [-0.2, 0) is 37.4 Å². The van der Waals surface area contributed by atoms with Crippen molar-refractivity contribution in [3.05, 3.63) is 70.9 Å². The Balaban J connectivity index is 1.48. The normalized spacial score (nSPS) is 13.9. The van der Waals surface area contributed by atoms with E-state index in [4.69, 9.17) is 4.74 Å². The summed E-state index contributed by atoms with van der Waals surface area (Å²) in [6.07, 6.45) is 0.540. The monoisotopic (exact) mass is 468 g/mol. The average molecular weight is 469 g/mol. The summed E-state index contributed by atoms with van der Waals surface area (Å²) in [5, 5.41) is 9.58. The quantitative estimate of drug-likeness (QED) is 0.534. The number of anilines is 1. The Labute approximate surface area is 191 Å². The maximum absolute atomic E-state index is 12.6. The topological polar surface area (TPSA) is 119 Å². The molecule has 2 aromatic carbocycles. The van der Waals surface area contributed by atoms with Crippen LogP contribution in [0, 0.1) is 6.92 Å². The highest BCUT2D eigenvalue weighted by molar-refractivity contribution is 7.90. The first-order chi connectivity index (χ1) is 15.8. The van der Waals surface area contributed by atoms with Crippen LogP contribution in [0.2, 0.25) is 0 Å². The summed E-state index contributed by atoms with van der Waals surface area (Å²) < 4.78 is 30.8. The summed E-state index contributed by atoms with van der Waals surface area (Å²) in [4.78, 5) is 25.0. The third kappa shape index (κ3) is 5.06. The van der Waals surface area contributed by atoms with Gasteiger partial charge in [0.1, 0.15) is 11.6 Å². The van der Waals surface area contributed by atoms with E-state index >= 15 is 0 Å². The van der Waals surface area contributed by atoms with E-state index in [1.54, 1.807) is 13.2 Å². The molecule has 0 radical (unpaired) electrons. The summed E-state index contributed by atoms with van der Waals surface area (Å²) in [5.74, 6) is -1.18. The van der Waals surface area contributed by atoms with Gasteiger partial charge >= 0.3 is 11.8 Å². The predicted octanol–water partition coefficient (Wildman–Crippen LogP) is 1.92. The largest absolute Gasteiger partial charge is 0.497 e. The maximum Gasteiger partial charge on any atom is 0.314 e. The van der Waals surface area contributed by atoms with Gasteiger partial charge in [-0.15, -0.1) is 0 Å². The smallest absolute Gasteiger partial charge is 0.314 e. The predicted molar refractivity (Wildman–Crippen MR) is 123 cm³/mol. The number of aromatic nitrogens is 2. The lowest BCUT2D eigenvalue weighted by molar-refractivity contribution is -0.136. The minimum absolute atomic E-state index is 0.196. The second-order valence-corrected chi connectivity index (χ2v) is 9.93. The van der Waals surface area contributed by atoms with Crippen LogP contribution < -0.4 is 15.4 Å². The summed E-state index contributed by atoms with van der Waals surface area (Å²) in [6, 6.07) is 14.8. The van der Waals surface area contributed by atoms with Crippen molar-refractivity contribution in [2.24, 2.45) is 0 Å². The number of fused-ring (bicyclic) bond motifs is 1. The number of hydrogen-bond acceptors (Lipinski definition) is 6. The lowest BCUT2D eigenvalue weighted by atomic mass is 10.1. The number of methoxy groups -OCH3 is 1. The molecule has 33 heavy (non-hydrogen) atoms. The number of nitrogens with zero attached hydrogens (tertiary/aromatic N) is 2. The molecule has 3 aromatic rings. The number of carbonyl (C=O) groups excluding carboxylic acids is 2. The molecule has 0 fully saturated rings. The Hall–Kier alpha value is -3.66. The third-order valence-electron chi connectivity index (χ3n) is 5.33. The number of amides is 2. The van der Waals surface area contributed by atoms with Gasteiger partial charge in [-0.1, -0.05) is 24.3 Å². The summed E-state index contributed by atoms with van der Waals surface area (Å²) in [6.45, 7) is 2.18. The number of carbonyl (C=O) groups is 2. The Morgan fingerprint density at radius 3 is 2.55 bits per heavy atom. The van der Waals surface area contributed by atoms with Gasteiger partial charge in [0.25, 0.3) is 0 Å². The molecule has 1 aliphatic heterocycles. The van der Waals surface area contributed by atoms with Crippen LogP contribution >= 0.6 is 0 Å². The highest BCUT2D eigenvalue weighted by Crippen LogP contribution is 2.33. The molecule has 9 nitrogen and oxygen atoms in total. The molecule has 0 bridgehead atoms. The second kappa shape index (κ2) is 9.07. The van der Waals surface area contributed by atoms with E-state index in [2.05, 4.69) is 15.7 Å². The van der Waals surface area contributed by atoms with Gasteiger partial charge in [-0.25, -0.2) is 13.1 Å². The molecule has 1 aliphatic rings. The first kappa shape index (κ1) is 22.5. The van der Waals surface area contributed by atoms with E-state index in [1.807, 2.05) is 49.4 Å². The fourth-order valence-corrected chi connectivity index (χ4v) is 5.17. The van der Waals surface area contributed by atoms with Crippen molar-refractivity contribution < 1.29 is 22.7 Å². The Bertz CT molecular complexity index is 1310. The van der Waals surface area contributed by atoms with Crippen molar-refractivity contribution in [1.29, 1.82) is 0 Å². The molecule has 0 unspecified atom stereocenters. The van der Waals surface area contributed by atoms with Gasteiger partial charge in [0.05, 0.1) is 30.0 Å². The van der Waals surface area contributed by atoms with Crippen LogP contribution in [0.25, 0.3) is 5.69 Å². The van der Waals surface area contributed by atoms with Crippen LogP contribution in [0.1, 0.15) is 22.4 Å². The molecule has 0 spiro atoms. The molecule has 10 heteroatoms. The molecule has 1 aromatic heterocycles. The highest BCUT2D eigenvalue weighted by atomic mass is 32.2. The van der Waals surface area contributed by atoms with Gasteiger partial charge in [-0.3, -0.25) is 9.59 Å². The first-order valence-electron chi connectivity index (χ1n) is 10.4. The van der Waals surface area contributed by atoms with E-state index in [1.165, 1.54) is 4.68 Å². The highest BCUT2D eigenvalue weighted by Gasteiger charge is 2.33. The number of sulfone groups is 1. The van der Waals surface area contributed by atoms with Crippen LogP contribution in [0.5, 0.6) is 5.75 Å². The zero-order chi connectivity index (χ0) is 23.6. The molecular formula is C23H24N4O5S. The van der Waals surface area contributed by atoms with Crippen LogP contribution in [0.15, 0.2) is 48.5 Å². The van der Waals surface area contributed by atoms with Gasteiger partial charge in [0, 0.05) is 12.1 Å². The first-order valence-corrected chi connectivity index (χ1v) is 12.2. The van der Waals surface area contributed by atoms with Crippen molar-refractivity contribution in [2.45, 2.75) is 24.9 Å². The number of benzene rings is 2. The lowest BCUT2D eigenvalue weighted by Crippen LogP contribution is -2.37. The Kier molecular flexibility index (Phi) is 6.19. The molecule has 0 atom stereocenters. The van der Waals surface area contributed by atoms with Gasteiger partial charge in [0.2, 0.25) is 0 Å². The maximum atomic E-state index is 12.6. The molecule has 2 heterocycles.